The van der Waals surface area contributed by atoms with E-state index >= 15 is 0 Å². The summed E-state index contributed by atoms with van der Waals surface area (Å²) in [5, 5.41) is 5.32. The van der Waals surface area contributed by atoms with Crippen molar-refractivity contribution in [3.05, 3.63) is 36.4 Å². The van der Waals surface area contributed by atoms with E-state index in [1.807, 2.05) is 23.9 Å². The molecule has 1 aliphatic rings. The van der Waals surface area contributed by atoms with Crippen LogP contribution in [0.4, 0.5) is 0 Å². The van der Waals surface area contributed by atoms with Gasteiger partial charge in [-0.3, -0.25) is 4.68 Å². The van der Waals surface area contributed by atoms with E-state index in [1.165, 1.54) is 17.6 Å². The topological polar surface area (TPSA) is 110 Å². The Hall–Kier alpha value is -2.72. The van der Waals surface area contributed by atoms with Gasteiger partial charge in [-0.05, 0) is 19.4 Å². The van der Waals surface area contributed by atoms with Crippen molar-refractivity contribution in [2.75, 3.05) is 26.0 Å². The number of carbonyl (C=O) groups excluding carboxylic acids is 1. The maximum absolute atomic E-state index is 12.3. The molecule has 0 saturated carbocycles. The van der Waals surface area contributed by atoms with Gasteiger partial charge in [-0.25, -0.2) is 18.2 Å². The number of rotatable bonds is 6. The Balaban J connectivity index is 1.75. The predicted octanol–water partition coefficient (Wildman–Crippen LogP) is 1.98. The highest BCUT2D eigenvalue weighted by Crippen LogP contribution is 2.37. The lowest BCUT2D eigenvalue weighted by Crippen LogP contribution is -2.64. The average molecular weight is 417 g/mol. The molecule has 0 aromatic carbocycles. The number of nitrogens with one attached hydrogen (secondary N) is 1. The molecule has 0 bridgehead atoms. The molecule has 0 amide bonds. The third-order valence-corrected chi connectivity index (χ3v) is 7.48. The molecule has 0 aliphatic carbocycles. The first-order valence-corrected chi connectivity index (χ1v) is 11.0. The summed E-state index contributed by atoms with van der Waals surface area (Å²) >= 11 is 0. The van der Waals surface area contributed by atoms with Gasteiger partial charge in [0.25, 0.3) is 0 Å². The Morgan fingerprint density at radius 1 is 1.31 bits per heavy atom. The molecular weight excluding hydrogens is 394 g/mol. The van der Waals surface area contributed by atoms with Crippen molar-refractivity contribution in [1.82, 2.24) is 24.1 Å². The van der Waals surface area contributed by atoms with E-state index in [0.717, 1.165) is 17.4 Å². The number of pyridine rings is 1. The summed E-state index contributed by atoms with van der Waals surface area (Å²) in [6, 6.07) is 1.86. The molecule has 9 nitrogen and oxygen atoms in total. The lowest BCUT2D eigenvalue weighted by atomic mass is 9.89. The standard InChI is InChI=1S/C19H23N5O4S/c1-4-19(11-23(12-19)29(26,27)5-2)24-10-13(8-22-24)16-14-6-7-20-17(14)21-9-15(16)18(25)28-3/h6-10H,4-5,11-12H2,1-3H3,(H,20,21). The second kappa shape index (κ2) is 6.96. The van der Waals surface area contributed by atoms with E-state index in [9.17, 15) is 13.2 Å². The molecule has 154 valence electrons. The normalized spacial score (nSPS) is 16.7. The maximum Gasteiger partial charge on any atom is 0.340 e. The second-order valence-corrected chi connectivity index (χ2v) is 9.46. The monoisotopic (exact) mass is 417 g/mol. The van der Waals surface area contributed by atoms with Crippen LogP contribution in [0.25, 0.3) is 22.2 Å². The molecule has 10 heteroatoms. The van der Waals surface area contributed by atoms with Gasteiger partial charge in [0.15, 0.2) is 0 Å². The quantitative estimate of drug-likeness (QED) is 0.614. The van der Waals surface area contributed by atoms with Crippen LogP contribution >= 0.6 is 0 Å². The molecule has 1 saturated heterocycles. The van der Waals surface area contributed by atoms with Crippen LogP contribution < -0.4 is 0 Å². The van der Waals surface area contributed by atoms with E-state index in [2.05, 4.69) is 15.1 Å². The smallest absolute Gasteiger partial charge is 0.340 e. The Labute approximate surface area is 168 Å². The Morgan fingerprint density at radius 2 is 2.07 bits per heavy atom. The van der Waals surface area contributed by atoms with Crippen molar-refractivity contribution in [2.24, 2.45) is 0 Å². The number of fused-ring (bicyclic) bond motifs is 1. The molecule has 4 rings (SSSR count). The van der Waals surface area contributed by atoms with Gasteiger partial charge in [-0.2, -0.15) is 9.40 Å². The fourth-order valence-electron chi connectivity index (χ4n) is 3.81. The van der Waals surface area contributed by atoms with E-state index in [4.69, 9.17) is 4.74 Å². The van der Waals surface area contributed by atoms with Gasteiger partial charge in [-0.15, -0.1) is 0 Å². The van der Waals surface area contributed by atoms with E-state index in [-0.39, 0.29) is 5.75 Å². The van der Waals surface area contributed by atoms with Crippen LogP contribution in [0.15, 0.2) is 30.9 Å². The molecule has 3 aromatic rings. The highest BCUT2D eigenvalue weighted by atomic mass is 32.2. The summed E-state index contributed by atoms with van der Waals surface area (Å²) in [4.78, 5) is 19.6. The predicted molar refractivity (Wildman–Crippen MR) is 108 cm³/mol. The largest absolute Gasteiger partial charge is 0.465 e. The zero-order valence-electron chi connectivity index (χ0n) is 16.5. The number of esters is 1. The van der Waals surface area contributed by atoms with Crippen LogP contribution in [0.3, 0.4) is 0 Å². The third-order valence-electron chi connectivity index (χ3n) is 5.71. The number of aromatic nitrogens is 4. The molecule has 0 spiro atoms. The number of sulfonamides is 1. The molecule has 29 heavy (non-hydrogen) atoms. The SMILES string of the molecule is CCC1(n2cc(-c3c(C(=O)OC)cnc4[nH]ccc34)cn2)CN(S(=O)(=O)CC)C1. The van der Waals surface area contributed by atoms with Crippen molar-refractivity contribution >= 4 is 27.0 Å². The van der Waals surface area contributed by atoms with Gasteiger partial charge in [-0.1, -0.05) is 6.92 Å². The second-order valence-electron chi connectivity index (χ2n) is 7.20. The molecule has 4 heterocycles. The van der Waals surface area contributed by atoms with Crippen molar-refractivity contribution in [3.63, 3.8) is 0 Å². The summed E-state index contributed by atoms with van der Waals surface area (Å²) in [5.41, 5.74) is 2.07. The van der Waals surface area contributed by atoms with Gasteiger partial charge >= 0.3 is 5.97 Å². The molecule has 0 unspecified atom stereocenters. The Bertz CT molecular complexity index is 1170. The highest BCUT2D eigenvalue weighted by Gasteiger charge is 2.48. The number of aromatic amines is 1. The fourth-order valence-corrected chi connectivity index (χ4v) is 5.05. The molecular formula is C19H23N5O4S. The fraction of sp³-hybridized carbons (Fsp3) is 0.421. The highest BCUT2D eigenvalue weighted by molar-refractivity contribution is 7.89. The van der Waals surface area contributed by atoms with Crippen LogP contribution in [0.1, 0.15) is 30.6 Å². The van der Waals surface area contributed by atoms with Crippen LogP contribution in [-0.2, 0) is 20.3 Å². The van der Waals surface area contributed by atoms with E-state index in [1.54, 1.807) is 19.3 Å². The van der Waals surface area contributed by atoms with E-state index in [0.29, 0.717) is 29.9 Å². The lowest BCUT2D eigenvalue weighted by Gasteiger charge is -2.48. The van der Waals surface area contributed by atoms with Crippen LogP contribution in [-0.4, -0.2) is 64.4 Å². The number of nitrogens with zero attached hydrogens (tertiary/aromatic N) is 4. The number of carbonyl (C=O) groups is 1. The first-order valence-electron chi connectivity index (χ1n) is 9.43. The van der Waals surface area contributed by atoms with Crippen molar-refractivity contribution in [3.8, 4) is 11.1 Å². The molecule has 1 aliphatic heterocycles. The van der Waals surface area contributed by atoms with Gasteiger partial charge in [0, 0.05) is 48.2 Å². The minimum absolute atomic E-state index is 0.0854. The van der Waals surface area contributed by atoms with Crippen molar-refractivity contribution in [2.45, 2.75) is 25.8 Å². The zero-order chi connectivity index (χ0) is 20.8. The summed E-state index contributed by atoms with van der Waals surface area (Å²) in [6.07, 6.45) is 7.56. The van der Waals surface area contributed by atoms with Crippen molar-refractivity contribution < 1.29 is 17.9 Å². The molecule has 0 radical (unpaired) electrons. The molecule has 1 N–H and O–H groups in total. The van der Waals surface area contributed by atoms with Crippen molar-refractivity contribution in [1.29, 1.82) is 0 Å². The van der Waals surface area contributed by atoms with Gasteiger partial charge < -0.3 is 9.72 Å². The molecule has 3 aromatic heterocycles. The minimum atomic E-state index is -3.22. The maximum atomic E-state index is 12.3. The van der Waals surface area contributed by atoms with Crippen LogP contribution in [0.2, 0.25) is 0 Å². The lowest BCUT2D eigenvalue weighted by molar-refractivity contribution is 0.0601. The number of hydrogen-bond donors (Lipinski definition) is 1. The number of ether oxygens (including phenoxy) is 1. The minimum Gasteiger partial charge on any atom is -0.465 e. The summed E-state index contributed by atoms with van der Waals surface area (Å²) in [6.45, 7) is 4.45. The van der Waals surface area contributed by atoms with Crippen LogP contribution in [0.5, 0.6) is 0 Å². The van der Waals surface area contributed by atoms with Gasteiger partial charge in [0.1, 0.15) is 5.65 Å². The Kier molecular flexibility index (Phi) is 4.70. The summed E-state index contributed by atoms with van der Waals surface area (Å²) in [7, 11) is -1.89. The summed E-state index contributed by atoms with van der Waals surface area (Å²) < 4.78 is 32.5. The van der Waals surface area contributed by atoms with Gasteiger partial charge in [0.05, 0.1) is 30.2 Å². The zero-order valence-corrected chi connectivity index (χ0v) is 17.4. The first kappa shape index (κ1) is 19.6. The average Bonchev–Trinajstić information content (AvgIpc) is 3.36. The molecule has 0 atom stereocenters. The Morgan fingerprint density at radius 3 is 2.72 bits per heavy atom. The van der Waals surface area contributed by atoms with E-state index < -0.39 is 21.5 Å². The van der Waals surface area contributed by atoms with Crippen LogP contribution in [0, 0.1) is 0 Å². The molecule has 1 fully saturated rings. The third kappa shape index (κ3) is 3.03. The van der Waals surface area contributed by atoms with Gasteiger partial charge in [0.2, 0.25) is 10.0 Å². The summed E-state index contributed by atoms with van der Waals surface area (Å²) in [5.74, 6) is -0.389. The number of hydrogen-bond acceptors (Lipinski definition) is 6. The first-order chi connectivity index (χ1) is 13.8. The number of H-pyrrole nitrogens is 1. The number of methoxy groups -OCH3 is 1.